The van der Waals surface area contributed by atoms with Gasteiger partial charge in [0, 0.05) is 11.3 Å². The van der Waals surface area contributed by atoms with Crippen LogP contribution in [0.3, 0.4) is 0 Å². The van der Waals surface area contributed by atoms with Crippen molar-refractivity contribution >= 4 is 33.3 Å². The molecule has 5 heteroatoms. The summed E-state index contributed by atoms with van der Waals surface area (Å²) in [6.07, 6.45) is 0. The van der Waals surface area contributed by atoms with Crippen molar-refractivity contribution in [1.82, 2.24) is 10.3 Å². The molecule has 3 nitrogen and oxygen atoms in total. The number of fused-ring (bicyclic) bond motifs is 1. The zero-order valence-corrected chi connectivity index (χ0v) is 11.6. The lowest BCUT2D eigenvalue weighted by atomic mass is 10.1. The second-order valence-electron chi connectivity index (χ2n) is 4.20. The van der Waals surface area contributed by atoms with Gasteiger partial charge in [0.2, 0.25) is 0 Å². The molecule has 1 heterocycles. The number of thioether (sulfide) groups is 1. The number of aliphatic hydroxyl groups is 1. The summed E-state index contributed by atoms with van der Waals surface area (Å²) in [7, 11) is 1.87. The van der Waals surface area contributed by atoms with E-state index in [0.29, 0.717) is 0 Å². The van der Waals surface area contributed by atoms with Gasteiger partial charge in [-0.3, -0.25) is 0 Å². The molecule has 1 aromatic carbocycles. The van der Waals surface area contributed by atoms with Gasteiger partial charge in [-0.2, -0.15) is 0 Å². The van der Waals surface area contributed by atoms with Gasteiger partial charge < -0.3 is 10.4 Å². The van der Waals surface area contributed by atoms with Crippen LogP contribution in [-0.4, -0.2) is 35.0 Å². The molecule has 92 valence electrons. The molecular formula is C12H16N2OS2. The molecule has 2 rings (SSSR count). The summed E-state index contributed by atoms with van der Waals surface area (Å²) < 4.78 is 2.27. The second kappa shape index (κ2) is 5.35. The number of thiazole rings is 1. The number of hydrogen-bond acceptors (Lipinski definition) is 5. The molecule has 0 aliphatic heterocycles. The Kier molecular flexibility index (Phi) is 4.04. The maximum absolute atomic E-state index is 9.31. The van der Waals surface area contributed by atoms with Crippen LogP contribution in [0.4, 0.5) is 0 Å². The van der Waals surface area contributed by atoms with Crippen molar-refractivity contribution in [2.75, 3.05) is 19.4 Å². The van der Waals surface area contributed by atoms with E-state index in [1.807, 2.05) is 32.2 Å². The Morgan fingerprint density at radius 3 is 2.88 bits per heavy atom. The first-order valence-corrected chi connectivity index (χ1v) is 7.25. The summed E-state index contributed by atoms with van der Waals surface area (Å²) in [5, 5.41) is 12.4. The average Bonchev–Trinajstić information content (AvgIpc) is 2.79. The van der Waals surface area contributed by atoms with Crippen LogP contribution >= 0.6 is 23.1 Å². The predicted molar refractivity (Wildman–Crippen MR) is 74.9 cm³/mol. The van der Waals surface area contributed by atoms with E-state index < -0.39 is 0 Å². The number of aliphatic hydroxyl groups excluding tert-OH is 1. The van der Waals surface area contributed by atoms with Gasteiger partial charge in [0.25, 0.3) is 0 Å². The maximum Gasteiger partial charge on any atom is 0.151 e. The van der Waals surface area contributed by atoms with Crippen LogP contribution in [0, 0.1) is 0 Å². The Labute approximate surface area is 109 Å². The summed E-state index contributed by atoms with van der Waals surface area (Å²) in [6, 6.07) is 8.14. The lowest BCUT2D eigenvalue weighted by molar-refractivity contribution is 0.200. The molecule has 0 saturated heterocycles. The van der Waals surface area contributed by atoms with Crippen LogP contribution in [0.15, 0.2) is 28.6 Å². The topological polar surface area (TPSA) is 45.1 Å². The summed E-state index contributed by atoms with van der Waals surface area (Å²) >= 11 is 3.39. The number of para-hydroxylation sites is 1. The maximum atomic E-state index is 9.31. The minimum absolute atomic E-state index is 0.126. The summed E-state index contributed by atoms with van der Waals surface area (Å²) in [4.78, 5) is 4.56. The van der Waals surface area contributed by atoms with Crippen molar-refractivity contribution in [3.05, 3.63) is 24.3 Å². The van der Waals surface area contributed by atoms with Gasteiger partial charge in [-0.1, -0.05) is 23.9 Å². The van der Waals surface area contributed by atoms with Crippen LogP contribution < -0.4 is 5.32 Å². The first-order valence-electron chi connectivity index (χ1n) is 5.45. The standard InChI is InChI=1S/C12H16N2OS2/c1-12(7-15,13-2)8-16-11-14-9-5-3-4-6-10(9)17-11/h3-6,13,15H,7-8H2,1-2H3. The summed E-state index contributed by atoms with van der Waals surface area (Å²) in [6.45, 7) is 2.13. The van der Waals surface area contributed by atoms with Crippen molar-refractivity contribution in [1.29, 1.82) is 0 Å². The highest BCUT2D eigenvalue weighted by Gasteiger charge is 2.21. The quantitative estimate of drug-likeness (QED) is 0.817. The molecule has 0 fully saturated rings. The van der Waals surface area contributed by atoms with Gasteiger partial charge in [0.05, 0.1) is 16.8 Å². The molecule has 0 saturated carbocycles. The molecule has 17 heavy (non-hydrogen) atoms. The highest BCUT2D eigenvalue weighted by atomic mass is 32.2. The van der Waals surface area contributed by atoms with E-state index in [9.17, 15) is 5.11 Å². The van der Waals surface area contributed by atoms with Crippen LogP contribution in [0.1, 0.15) is 6.92 Å². The fourth-order valence-electron chi connectivity index (χ4n) is 1.33. The number of rotatable bonds is 5. The van der Waals surface area contributed by atoms with E-state index in [1.54, 1.807) is 23.1 Å². The largest absolute Gasteiger partial charge is 0.394 e. The molecule has 1 unspecified atom stereocenters. The van der Waals surface area contributed by atoms with Crippen molar-refractivity contribution in [3.8, 4) is 0 Å². The Morgan fingerprint density at radius 1 is 1.47 bits per heavy atom. The smallest absolute Gasteiger partial charge is 0.151 e. The van der Waals surface area contributed by atoms with Gasteiger partial charge in [0.1, 0.15) is 0 Å². The van der Waals surface area contributed by atoms with Crippen LogP contribution in [-0.2, 0) is 0 Å². The fraction of sp³-hybridized carbons (Fsp3) is 0.417. The highest BCUT2D eigenvalue weighted by molar-refractivity contribution is 8.01. The zero-order valence-electron chi connectivity index (χ0n) is 9.93. The lowest BCUT2D eigenvalue weighted by Crippen LogP contribution is -2.45. The molecule has 0 aliphatic carbocycles. The molecule has 0 bridgehead atoms. The third-order valence-electron chi connectivity index (χ3n) is 2.74. The Bertz CT molecular complexity index is 461. The summed E-state index contributed by atoms with van der Waals surface area (Å²) in [5.41, 5.74) is 0.804. The normalized spacial score (nSPS) is 15.0. The van der Waals surface area contributed by atoms with Crippen LogP contribution in [0.2, 0.25) is 0 Å². The van der Waals surface area contributed by atoms with E-state index in [1.165, 1.54) is 4.70 Å². The minimum Gasteiger partial charge on any atom is -0.394 e. The first kappa shape index (κ1) is 12.8. The number of hydrogen-bond donors (Lipinski definition) is 2. The van der Waals surface area contributed by atoms with Gasteiger partial charge in [0.15, 0.2) is 4.34 Å². The highest BCUT2D eigenvalue weighted by Crippen LogP contribution is 2.30. The summed E-state index contributed by atoms with van der Waals surface area (Å²) in [5.74, 6) is 0.805. The molecule has 0 spiro atoms. The number of nitrogens with zero attached hydrogens (tertiary/aromatic N) is 1. The van der Waals surface area contributed by atoms with E-state index in [-0.39, 0.29) is 12.1 Å². The minimum atomic E-state index is -0.247. The van der Waals surface area contributed by atoms with E-state index in [0.717, 1.165) is 15.6 Å². The molecule has 2 aromatic rings. The van der Waals surface area contributed by atoms with Gasteiger partial charge in [-0.15, -0.1) is 11.3 Å². The van der Waals surface area contributed by atoms with Crippen molar-refractivity contribution in [3.63, 3.8) is 0 Å². The Morgan fingerprint density at radius 2 is 2.24 bits per heavy atom. The number of aromatic nitrogens is 1. The number of benzene rings is 1. The van der Waals surface area contributed by atoms with Gasteiger partial charge >= 0.3 is 0 Å². The number of likely N-dealkylation sites (N-methyl/N-ethyl adjacent to an activating group) is 1. The second-order valence-corrected chi connectivity index (χ2v) is 6.46. The Balaban J connectivity index is 2.09. The molecular weight excluding hydrogens is 252 g/mol. The zero-order chi connectivity index (χ0) is 12.3. The predicted octanol–water partition coefficient (Wildman–Crippen LogP) is 2.36. The molecule has 2 N–H and O–H groups in total. The van der Waals surface area contributed by atoms with Gasteiger partial charge in [-0.05, 0) is 26.1 Å². The fourth-order valence-corrected chi connectivity index (χ4v) is 3.55. The molecule has 0 aliphatic rings. The third kappa shape index (κ3) is 2.98. The lowest BCUT2D eigenvalue weighted by Gasteiger charge is -2.25. The number of nitrogens with one attached hydrogen (secondary N) is 1. The SMILES string of the molecule is CNC(C)(CO)CSc1nc2ccccc2s1. The van der Waals surface area contributed by atoms with Crippen molar-refractivity contribution in [2.45, 2.75) is 16.8 Å². The molecule has 0 amide bonds. The molecule has 1 atom stereocenters. The Hall–Kier alpha value is -0.620. The van der Waals surface area contributed by atoms with E-state index >= 15 is 0 Å². The molecule has 0 radical (unpaired) electrons. The van der Waals surface area contributed by atoms with E-state index in [4.69, 9.17) is 0 Å². The molecule has 1 aromatic heterocycles. The average molecular weight is 268 g/mol. The van der Waals surface area contributed by atoms with Crippen molar-refractivity contribution in [2.24, 2.45) is 0 Å². The van der Waals surface area contributed by atoms with E-state index in [2.05, 4.69) is 16.4 Å². The monoisotopic (exact) mass is 268 g/mol. The van der Waals surface area contributed by atoms with Crippen LogP contribution in [0.25, 0.3) is 10.2 Å². The van der Waals surface area contributed by atoms with Crippen LogP contribution in [0.5, 0.6) is 0 Å². The first-order chi connectivity index (χ1) is 8.17. The van der Waals surface area contributed by atoms with Gasteiger partial charge in [-0.25, -0.2) is 4.98 Å². The van der Waals surface area contributed by atoms with Crippen molar-refractivity contribution < 1.29 is 5.11 Å². The third-order valence-corrected chi connectivity index (χ3v) is 5.30.